The molecule has 2 heteroatoms. The second-order valence-corrected chi connectivity index (χ2v) is 4.13. The molecule has 1 nitrogen and oxygen atoms in total. The van der Waals surface area contributed by atoms with Crippen LogP contribution in [0.15, 0.2) is 22.7 Å². The second kappa shape index (κ2) is 4.66. The summed E-state index contributed by atoms with van der Waals surface area (Å²) in [4.78, 5) is 0. The van der Waals surface area contributed by atoms with Crippen LogP contribution in [0.25, 0.3) is 0 Å². The van der Waals surface area contributed by atoms with Crippen molar-refractivity contribution in [3.8, 4) is 5.75 Å². The van der Waals surface area contributed by atoms with Gasteiger partial charge in [0.2, 0.25) is 0 Å². The Morgan fingerprint density at radius 3 is 2.62 bits per heavy atom. The lowest BCUT2D eigenvalue weighted by Gasteiger charge is -2.10. The zero-order valence-corrected chi connectivity index (χ0v) is 9.89. The molecule has 0 N–H and O–H groups in total. The third kappa shape index (κ3) is 2.73. The molecular formula is C11H15BrO. The maximum Gasteiger partial charge on any atom is 0.133 e. The minimum Gasteiger partial charge on any atom is -0.493 e. The Kier molecular flexibility index (Phi) is 3.79. The van der Waals surface area contributed by atoms with Crippen molar-refractivity contribution in [1.82, 2.24) is 0 Å². The van der Waals surface area contributed by atoms with Crippen molar-refractivity contribution in [3.05, 3.63) is 28.2 Å². The van der Waals surface area contributed by atoms with Crippen LogP contribution < -0.4 is 4.74 Å². The molecule has 0 spiro atoms. The standard InChI is InChI=1S/C11H15BrO/c1-4-13-11-7-9(8(2)3)5-6-10(11)12/h5-8H,4H2,1-3H3. The summed E-state index contributed by atoms with van der Waals surface area (Å²) in [6, 6.07) is 6.26. The van der Waals surface area contributed by atoms with E-state index in [0.29, 0.717) is 12.5 Å². The first-order valence-electron chi connectivity index (χ1n) is 4.57. The molecule has 0 aliphatic heterocycles. The molecular weight excluding hydrogens is 228 g/mol. The normalized spacial score (nSPS) is 10.5. The van der Waals surface area contributed by atoms with Crippen LogP contribution in [-0.4, -0.2) is 6.61 Å². The van der Waals surface area contributed by atoms with E-state index in [-0.39, 0.29) is 0 Å². The molecule has 0 saturated heterocycles. The van der Waals surface area contributed by atoms with Crippen molar-refractivity contribution in [2.24, 2.45) is 0 Å². The van der Waals surface area contributed by atoms with Crippen LogP contribution in [0.1, 0.15) is 32.3 Å². The summed E-state index contributed by atoms with van der Waals surface area (Å²) in [6.07, 6.45) is 0. The minimum absolute atomic E-state index is 0.548. The molecule has 0 aliphatic carbocycles. The van der Waals surface area contributed by atoms with Gasteiger partial charge in [-0.05, 0) is 46.5 Å². The third-order valence-electron chi connectivity index (χ3n) is 1.92. The Hall–Kier alpha value is -0.500. The van der Waals surface area contributed by atoms with Gasteiger partial charge < -0.3 is 4.74 Å². The number of hydrogen-bond acceptors (Lipinski definition) is 1. The Morgan fingerprint density at radius 2 is 2.08 bits per heavy atom. The SMILES string of the molecule is CCOc1cc(C(C)C)ccc1Br. The van der Waals surface area contributed by atoms with Gasteiger partial charge in [-0.1, -0.05) is 19.9 Å². The molecule has 0 bridgehead atoms. The molecule has 0 radical (unpaired) electrons. The fraction of sp³-hybridized carbons (Fsp3) is 0.455. The number of benzene rings is 1. The van der Waals surface area contributed by atoms with Gasteiger partial charge in [0, 0.05) is 0 Å². The van der Waals surface area contributed by atoms with Gasteiger partial charge >= 0.3 is 0 Å². The van der Waals surface area contributed by atoms with Crippen LogP contribution in [0.2, 0.25) is 0 Å². The number of hydrogen-bond donors (Lipinski definition) is 0. The smallest absolute Gasteiger partial charge is 0.133 e. The van der Waals surface area contributed by atoms with Crippen LogP contribution in [0.5, 0.6) is 5.75 Å². The lowest BCUT2D eigenvalue weighted by molar-refractivity contribution is 0.337. The van der Waals surface area contributed by atoms with Crippen molar-refractivity contribution in [2.45, 2.75) is 26.7 Å². The highest BCUT2D eigenvalue weighted by molar-refractivity contribution is 9.10. The molecule has 13 heavy (non-hydrogen) atoms. The van der Waals surface area contributed by atoms with E-state index in [9.17, 15) is 0 Å². The Morgan fingerprint density at radius 1 is 1.38 bits per heavy atom. The molecule has 72 valence electrons. The van der Waals surface area contributed by atoms with Gasteiger partial charge in [0.05, 0.1) is 11.1 Å². The van der Waals surface area contributed by atoms with Crippen LogP contribution in [0.4, 0.5) is 0 Å². The average molecular weight is 243 g/mol. The predicted octanol–water partition coefficient (Wildman–Crippen LogP) is 3.97. The summed E-state index contributed by atoms with van der Waals surface area (Å²) < 4.78 is 6.51. The molecule has 0 amide bonds. The molecule has 0 atom stereocenters. The van der Waals surface area contributed by atoms with E-state index in [1.165, 1.54) is 5.56 Å². The van der Waals surface area contributed by atoms with Gasteiger partial charge in [0.15, 0.2) is 0 Å². The van der Waals surface area contributed by atoms with Gasteiger partial charge in [-0.15, -0.1) is 0 Å². The van der Waals surface area contributed by atoms with Gasteiger partial charge in [0.1, 0.15) is 5.75 Å². The molecule has 0 unspecified atom stereocenters. The number of rotatable bonds is 3. The molecule has 0 heterocycles. The van der Waals surface area contributed by atoms with Crippen molar-refractivity contribution in [1.29, 1.82) is 0 Å². The van der Waals surface area contributed by atoms with Crippen molar-refractivity contribution < 1.29 is 4.74 Å². The first kappa shape index (κ1) is 10.6. The molecule has 0 fully saturated rings. The van der Waals surface area contributed by atoms with Crippen molar-refractivity contribution in [3.63, 3.8) is 0 Å². The lowest BCUT2D eigenvalue weighted by atomic mass is 10.0. The number of halogens is 1. The zero-order valence-electron chi connectivity index (χ0n) is 8.30. The highest BCUT2D eigenvalue weighted by Crippen LogP contribution is 2.28. The van der Waals surface area contributed by atoms with Gasteiger partial charge in [-0.3, -0.25) is 0 Å². The van der Waals surface area contributed by atoms with Crippen molar-refractivity contribution >= 4 is 15.9 Å². The fourth-order valence-electron chi connectivity index (χ4n) is 1.15. The molecule has 1 aromatic carbocycles. The van der Waals surface area contributed by atoms with E-state index in [1.807, 2.05) is 13.0 Å². The molecule has 0 saturated carbocycles. The van der Waals surface area contributed by atoms with E-state index in [4.69, 9.17) is 4.74 Å². The molecule has 0 aromatic heterocycles. The zero-order chi connectivity index (χ0) is 9.84. The highest BCUT2D eigenvalue weighted by atomic mass is 79.9. The summed E-state index contributed by atoms with van der Waals surface area (Å²) in [6.45, 7) is 7.06. The largest absolute Gasteiger partial charge is 0.493 e. The third-order valence-corrected chi connectivity index (χ3v) is 2.58. The Bertz CT molecular complexity index is 281. The maximum atomic E-state index is 5.48. The van der Waals surface area contributed by atoms with Crippen LogP contribution in [-0.2, 0) is 0 Å². The number of ether oxygens (including phenoxy) is 1. The van der Waals surface area contributed by atoms with Crippen LogP contribution in [0, 0.1) is 0 Å². The van der Waals surface area contributed by atoms with Crippen LogP contribution >= 0.6 is 15.9 Å². The summed E-state index contributed by atoms with van der Waals surface area (Å²) in [5.41, 5.74) is 1.31. The lowest BCUT2D eigenvalue weighted by Crippen LogP contribution is -1.94. The van der Waals surface area contributed by atoms with Gasteiger partial charge in [-0.25, -0.2) is 0 Å². The highest BCUT2D eigenvalue weighted by Gasteiger charge is 2.04. The van der Waals surface area contributed by atoms with E-state index >= 15 is 0 Å². The second-order valence-electron chi connectivity index (χ2n) is 3.28. The Balaban J connectivity index is 2.97. The minimum atomic E-state index is 0.548. The van der Waals surface area contributed by atoms with E-state index in [0.717, 1.165) is 10.2 Å². The summed E-state index contributed by atoms with van der Waals surface area (Å²) in [7, 11) is 0. The summed E-state index contributed by atoms with van der Waals surface area (Å²) >= 11 is 3.46. The maximum absolute atomic E-state index is 5.48. The summed E-state index contributed by atoms with van der Waals surface area (Å²) in [5.74, 6) is 1.49. The van der Waals surface area contributed by atoms with E-state index in [1.54, 1.807) is 0 Å². The first-order chi connectivity index (χ1) is 6.15. The summed E-state index contributed by atoms with van der Waals surface area (Å²) in [5, 5.41) is 0. The average Bonchev–Trinajstić information content (AvgIpc) is 2.08. The van der Waals surface area contributed by atoms with Crippen LogP contribution in [0.3, 0.4) is 0 Å². The molecule has 1 aromatic rings. The van der Waals surface area contributed by atoms with E-state index < -0.39 is 0 Å². The topological polar surface area (TPSA) is 9.23 Å². The van der Waals surface area contributed by atoms with Gasteiger partial charge in [0.25, 0.3) is 0 Å². The van der Waals surface area contributed by atoms with E-state index in [2.05, 4.69) is 41.9 Å². The Labute approximate surface area is 88.2 Å². The first-order valence-corrected chi connectivity index (χ1v) is 5.36. The predicted molar refractivity (Wildman–Crippen MR) is 59.4 cm³/mol. The van der Waals surface area contributed by atoms with Gasteiger partial charge in [-0.2, -0.15) is 0 Å². The molecule has 0 aliphatic rings. The quantitative estimate of drug-likeness (QED) is 0.780. The van der Waals surface area contributed by atoms with Crippen molar-refractivity contribution in [2.75, 3.05) is 6.61 Å². The fourth-order valence-corrected chi connectivity index (χ4v) is 1.51. The monoisotopic (exact) mass is 242 g/mol. The molecule has 1 rings (SSSR count).